The minimum atomic E-state index is 0.144. The fraction of sp³-hybridized carbons (Fsp3) is 0.359. The lowest BCUT2D eigenvalue weighted by atomic mass is 9.72. The predicted octanol–water partition coefficient (Wildman–Crippen LogP) is 9.79. The predicted molar refractivity (Wildman–Crippen MR) is 168 cm³/mol. The van der Waals surface area contributed by atoms with E-state index in [9.17, 15) is 4.79 Å². The average Bonchev–Trinajstić information content (AvgIpc) is 3.31. The molecule has 0 N–H and O–H groups in total. The first-order valence-corrected chi connectivity index (χ1v) is 15.3. The van der Waals surface area contributed by atoms with Gasteiger partial charge in [0.1, 0.15) is 5.78 Å². The van der Waals surface area contributed by atoms with Crippen molar-refractivity contribution in [1.29, 1.82) is 0 Å². The van der Waals surface area contributed by atoms with Crippen molar-refractivity contribution in [3.8, 4) is 22.3 Å². The zero-order valence-electron chi connectivity index (χ0n) is 24.3. The molecular weight excluding hydrogens is 484 g/mol. The number of carbonyl (C=O) groups is 1. The van der Waals surface area contributed by atoms with Crippen LogP contribution in [0.2, 0.25) is 0 Å². The van der Waals surface area contributed by atoms with E-state index < -0.39 is 0 Å². The second-order valence-corrected chi connectivity index (χ2v) is 12.8. The van der Waals surface area contributed by atoms with Crippen LogP contribution in [0.3, 0.4) is 0 Å². The first-order chi connectivity index (χ1) is 19.5. The molecule has 1 saturated carbocycles. The van der Waals surface area contributed by atoms with E-state index >= 15 is 0 Å². The van der Waals surface area contributed by atoms with Crippen LogP contribution in [-0.2, 0) is 24.1 Å². The zero-order chi connectivity index (χ0) is 27.6. The van der Waals surface area contributed by atoms with Crippen molar-refractivity contribution >= 4 is 5.78 Å². The maximum Gasteiger partial charge on any atom is 0.144 e. The summed E-state index contributed by atoms with van der Waals surface area (Å²) in [5.74, 6) is 2.46. The smallest absolute Gasteiger partial charge is 0.144 e. The van der Waals surface area contributed by atoms with Gasteiger partial charge in [0, 0.05) is 12.3 Å². The summed E-state index contributed by atoms with van der Waals surface area (Å²) in [7, 11) is 0. The highest BCUT2D eigenvalue weighted by atomic mass is 16.1. The van der Waals surface area contributed by atoms with Crippen molar-refractivity contribution in [2.75, 3.05) is 0 Å². The van der Waals surface area contributed by atoms with Gasteiger partial charge in [-0.3, -0.25) is 4.79 Å². The number of hydrogen-bond acceptors (Lipinski definition) is 1. The van der Waals surface area contributed by atoms with Crippen molar-refractivity contribution < 1.29 is 4.79 Å². The van der Waals surface area contributed by atoms with Crippen LogP contribution < -0.4 is 0 Å². The molecule has 0 bridgehead atoms. The number of rotatable bonds is 7. The van der Waals surface area contributed by atoms with E-state index in [1.807, 2.05) is 0 Å². The fourth-order valence-electron chi connectivity index (χ4n) is 7.37. The molecular formula is C39H42O. The quantitative estimate of drug-likeness (QED) is 0.234. The third kappa shape index (κ3) is 5.57. The van der Waals surface area contributed by atoms with Gasteiger partial charge in [0.05, 0.1) is 0 Å². The number of benzene rings is 4. The SMILES string of the molecule is Cc1cc(-c2ccc(CC3CCC(C4C(=O)Cc5ccccc54)CC3)cc2)c(-c2ccccc2)cc1CC(C)C. The lowest BCUT2D eigenvalue weighted by Crippen LogP contribution is -2.24. The highest BCUT2D eigenvalue weighted by Gasteiger charge is 2.38. The van der Waals surface area contributed by atoms with Gasteiger partial charge in [0.25, 0.3) is 0 Å². The van der Waals surface area contributed by atoms with Gasteiger partial charge in [0.15, 0.2) is 0 Å². The molecule has 0 saturated heterocycles. The average molecular weight is 527 g/mol. The summed E-state index contributed by atoms with van der Waals surface area (Å²) in [6.45, 7) is 6.86. The van der Waals surface area contributed by atoms with Crippen LogP contribution in [0.5, 0.6) is 0 Å². The Balaban J connectivity index is 1.16. The topological polar surface area (TPSA) is 17.1 Å². The van der Waals surface area contributed by atoms with Crippen molar-refractivity contribution in [2.24, 2.45) is 17.8 Å². The third-order valence-electron chi connectivity index (χ3n) is 9.44. The Morgan fingerprint density at radius 2 is 1.40 bits per heavy atom. The van der Waals surface area contributed by atoms with Crippen LogP contribution in [0.25, 0.3) is 22.3 Å². The molecule has 40 heavy (non-hydrogen) atoms. The second-order valence-electron chi connectivity index (χ2n) is 12.8. The first kappa shape index (κ1) is 26.8. The summed E-state index contributed by atoms with van der Waals surface area (Å²) in [6, 6.07) is 33.6. The fourth-order valence-corrected chi connectivity index (χ4v) is 7.37. The molecule has 0 aromatic heterocycles. The monoisotopic (exact) mass is 526 g/mol. The van der Waals surface area contributed by atoms with Crippen molar-refractivity contribution in [2.45, 2.75) is 71.6 Å². The van der Waals surface area contributed by atoms with Crippen LogP contribution >= 0.6 is 0 Å². The number of Topliss-reactive ketones (excluding diaryl/α,β-unsaturated/α-hetero) is 1. The van der Waals surface area contributed by atoms with E-state index in [-0.39, 0.29) is 5.92 Å². The Morgan fingerprint density at radius 1 is 0.750 bits per heavy atom. The van der Waals surface area contributed by atoms with Crippen molar-refractivity contribution in [1.82, 2.24) is 0 Å². The molecule has 2 aliphatic rings. The van der Waals surface area contributed by atoms with E-state index in [2.05, 4.69) is 112 Å². The highest BCUT2D eigenvalue weighted by Crippen LogP contribution is 2.44. The van der Waals surface area contributed by atoms with Crippen LogP contribution in [0, 0.1) is 24.7 Å². The number of fused-ring (bicyclic) bond motifs is 1. The zero-order valence-corrected chi connectivity index (χ0v) is 24.3. The Morgan fingerprint density at radius 3 is 2.12 bits per heavy atom. The molecule has 0 heterocycles. The van der Waals surface area contributed by atoms with Gasteiger partial charge >= 0.3 is 0 Å². The lowest BCUT2D eigenvalue weighted by Gasteiger charge is -2.32. The Kier molecular flexibility index (Phi) is 7.74. The molecule has 1 unspecified atom stereocenters. The number of aryl methyl sites for hydroxylation is 1. The van der Waals surface area contributed by atoms with Crippen molar-refractivity contribution in [3.63, 3.8) is 0 Å². The van der Waals surface area contributed by atoms with Crippen LogP contribution in [-0.4, -0.2) is 5.78 Å². The minimum Gasteiger partial charge on any atom is -0.299 e. The Bertz CT molecular complexity index is 1470. The minimum absolute atomic E-state index is 0.144. The number of carbonyl (C=O) groups excluding carboxylic acids is 1. The van der Waals surface area contributed by atoms with Gasteiger partial charge in [-0.2, -0.15) is 0 Å². The number of hydrogen-bond donors (Lipinski definition) is 0. The maximum atomic E-state index is 12.9. The summed E-state index contributed by atoms with van der Waals surface area (Å²) in [4.78, 5) is 12.9. The summed E-state index contributed by atoms with van der Waals surface area (Å²) in [5, 5.41) is 0. The number of ketones is 1. The summed E-state index contributed by atoms with van der Waals surface area (Å²) in [5.41, 5.74) is 12.1. The van der Waals surface area contributed by atoms with E-state index in [0.29, 0.717) is 30.0 Å². The summed E-state index contributed by atoms with van der Waals surface area (Å²) < 4.78 is 0. The molecule has 0 radical (unpaired) electrons. The molecule has 1 fully saturated rings. The van der Waals surface area contributed by atoms with E-state index in [4.69, 9.17) is 0 Å². The van der Waals surface area contributed by atoms with E-state index in [0.717, 1.165) is 12.8 Å². The summed E-state index contributed by atoms with van der Waals surface area (Å²) >= 11 is 0. The third-order valence-corrected chi connectivity index (χ3v) is 9.44. The van der Waals surface area contributed by atoms with Crippen LogP contribution in [0.4, 0.5) is 0 Å². The molecule has 1 heteroatoms. The summed E-state index contributed by atoms with van der Waals surface area (Å²) in [6.07, 6.45) is 7.69. The van der Waals surface area contributed by atoms with Crippen LogP contribution in [0.15, 0.2) is 91.0 Å². The van der Waals surface area contributed by atoms with E-state index in [1.165, 1.54) is 75.8 Å². The van der Waals surface area contributed by atoms with E-state index in [1.54, 1.807) is 0 Å². The van der Waals surface area contributed by atoms with Gasteiger partial charge in [0.2, 0.25) is 0 Å². The standard InChI is InChI=1S/C39H42O/c1-26(2)21-34-24-37(30-9-5-4-6-10-30)36(22-27(34)3)31-17-13-28(14-18-31)23-29-15-19-32(20-16-29)39-35-12-8-7-11-33(35)25-38(39)40/h4-14,17-18,22,24,26,29,32,39H,15-16,19-21,23,25H2,1-3H3. The molecule has 204 valence electrons. The first-order valence-electron chi connectivity index (χ1n) is 15.3. The normalized spacial score (nSPS) is 20.6. The van der Waals surface area contributed by atoms with Gasteiger partial charge in [-0.05, 0) is 113 Å². The molecule has 1 nitrogen and oxygen atoms in total. The van der Waals surface area contributed by atoms with Gasteiger partial charge in [-0.25, -0.2) is 0 Å². The van der Waals surface area contributed by atoms with Crippen molar-refractivity contribution in [3.05, 3.63) is 119 Å². The molecule has 0 aliphatic heterocycles. The molecule has 6 rings (SSSR count). The molecule has 2 aliphatic carbocycles. The van der Waals surface area contributed by atoms with Gasteiger partial charge < -0.3 is 0 Å². The maximum absolute atomic E-state index is 12.9. The molecule has 4 aromatic rings. The molecule has 0 amide bonds. The molecule has 4 aromatic carbocycles. The Labute approximate surface area is 240 Å². The van der Waals surface area contributed by atoms with Crippen LogP contribution in [0.1, 0.15) is 73.3 Å². The molecule has 1 atom stereocenters. The van der Waals surface area contributed by atoms with Gasteiger partial charge in [-0.1, -0.05) is 105 Å². The molecule has 0 spiro atoms. The lowest BCUT2D eigenvalue weighted by molar-refractivity contribution is -0.120. The highest BCUT2D eigenvalue weighted by molar-refractivity contribution is 5.92. The van der Waals surface area contributed by atoms with Gasteiger partial charge in [-0.15, -0.1) is 0 Å². The Hall–Kier alpha value is -3.45. The largest absolute Gasteiger partial charge is 0.299 e. The second kappa shape index (κ2) is 11.6.